The van der Waals surface area contributed by atoms with Crippen molar-refractivity contribution >= 4 is 5.91 Å². The van der Waals surface area contributed by atoms with E-state index in [9.17, 15) is 4.79 Å². The van der Waals surface area contributed by atoms with Crippen LogP contribution in [0, 0.1) is 6.92 Å². The van der Waals surface area contributed by atoms with Crippen LogP contribution in [0.25, 0.3) is 0 Å². The molecule has 1 heterocycles. The molecule has 2 unspecified atom stereocenters. The van der Waals surface area contributed by atoms with Crippen molar-refractivity contribution in [1.29, 1.82) is 0 Å². The molecule has 1 aromatic rings. The average Bonchev–Trinajstić information content (AvgIpc) is 2.47. The minimum absolute atomic E-state index is 0.122. The monoisotopic (exact) mass is 274 g/mol. The van der Waals surface area contributed by atoms with Crippen molar-refractivity contribution in [2.45, 2.75) is 52.1 Å². The van der Waals surface area contributed by atoms with Crippen LogP contribution in [0.15, 0.2) is 24.3 Å². The lowest BCUT2D eigenvalue weighted by Gasteiger charge is -2.30. The van der Waals surface area contributed by atoms with Gasteiger partial charge in [0.15, 0.2) is 0 Å². The fraction of sp³-hybridized carbons (Fsp3) is 0.588. The molecule has 0 aromatic heterocycles. The second-order valence-corrected chi connectivity index (χ2v) is 5.91. The number of amides is 1. The molecule has 110 valence electrons. The number of piperidine rings is 1. The standard InChI is InChI=1S/C17H26N2O/c1-13-8-7-9-16(12-13)14(2)18-15(3)17(20)19-10-5-4-6-11-19/h7-9,12,14-15,18H,4-6,10-11H2,1-3H3. The van der Waals surface area contributed by atoms with Crippen LogP contribution < -0.4 is 5.32 Å². The van der Waals surface area contributed by atoms with Gasteiger partial charge in [0.05, 0.1) is 6.04 Å². The van der Waals surface area contributed by atoms with Crippen LogP contribution in [0.5, 0.6) is 0 Å². The molecule has 3 nitrogen and oxygen atoms in total. The zero-order valence-electron chi connectivity index (χ0n) is 12.9. The molecule has 0 radical (unpaired) electrons. The molecule has 1 amide bonds. The van der Waals surface area contributed by atoms with E-state index in [1.807, 2.05) is 11.8 Å². The molecule has 1 fully saturated rings. The summed E-state index contributed by atoms with van der Waals surface area (Å²) in [4.78, 5) is 14.4. The van der Waals surface area contributed by atoms with E-state index in [1.165, 1.54) is 17.5 Å². The molecule has 1 aliphatic heterocycles. The number of nitrogens with zero attached hydrogens (tertiary/aromatic N) is 1. The Hall–Kier alpha value is -1.35. The van der Waals surface area contributed by atoms with Gasteiger partial charge in [-0.1, -0.05) is 29.8 Å². The van der Waals surface area contributed by atoms with Gasteiger partial charge in [0.2, 0.25) is 5.91 Å². The first-order valence-corrected chi connectivity index (χ1v) is 7.69. The van der Waals surface area contributed by atoms with E-state index in [-0.39, 0.29) is 18.0 Å². The number of aryl methyl sites for hydroxylation is 1. The molecule has 0 spiro atoms. The summed E-state index contributed by atoms with van der Waals surface area (Å²) in [6.45, 7) is 8.03. The SMILES string of the molecule is Cc1cccc(C(C)NC(C)C(=O)N2CCCCC2)c1. The first kappa shape index (κ1) is 15.0. The number of carbonyl (C=O) groups excluding carboxylic acids is 1. The summed E-state index contributed by atoms with van der Waals surface area (Å²) < 4.78 is 0. The number of hydrogen-bond acceptors (Lipinski definition) is 2. The fourth-order valence-electron chi connectivity index (χ4n) is 2.87. The number of nitrogens with one attached hydrogen (secondary N) is 1. The summed E-state index contributed by atoms with van der Waals surface area (Å²) in [6.07, 6.45) is 3.54. The Morgan fingerprint density at radius 2 is 1.90 bits per heavy atom. The van der Waals surface area contributed by atoms with Gasteiger partial charge < -0.3 is 4.90 Å². The van der Waals surface area contributed by atoms with Crippen molar-refractivity contribution in [1.82, 2.24) is 10.2 Å². The Morgan fingerprint density at radius 3 is 2.55 bits per heavy atom. The van der Waals surface area contributed by atoms with Crippen LogP contribution in [-0.2, 0) is 4.79 Å². The van der Waals surface area contributed by atoms with Crippen molar-refractivity contribution in [2.24, 2.45) is 0 Å². The third-order valence-corrected chi connectivity index (χ3v) is 4.08. The van der Waals surface area contributed by atoms with E-state index >= 15 is 0 Å². The highest BCUT2D eigenvalue weighted by molar-refractivity contribution is 5.81. The summed E-state index contributed by atoms with van der Waals surface area (Å²) in [7, 11) is 0. The molecule has 0 bridgehead atoms. The molecule has 1 aromatic carbocycles. The van der Waals surface area contributed by atoms with Gasteiger partial charge in [0.1, 0.15) is 0 Å². The molecule has 1 N–H and O–H groups in total. The topological polar surface area (TPSA) is 32.3 Å². The molecule has 0 saturated carbocycles. The van der Waals surface area contributed by atoms with Gasteiger partial charge in [-0.15, -0.1) is 0 Å². The first-order valence-electron chi connectivity index (χ1n) is 7.69. The van der Waals surface area contributed by atoms with E-state index in [2.05, 4.69) is 43.4 Å². The minimum atomic E-state index is -0.122. The smallest absolute Gasteiger partial charge is 0.239 e. The highest BCUT2D eigenvalue weighted by Crippen LogP contribution is 2.16. The minimum Gasteiger partial charge on any atom is -0.341 e. The molecule has 1 aliphatic rings. The second kappa shape index (κ2) is 6.89. The van der Waals surface area contributed by atoms with Gasteiger partial charge in [-0.05, 0) is 45.6 Å². The molecule has 2 atom stereocenters. The van der Waals surface area contributed by atoms with Crippen molar-refractivity contribution < 1.29 is 4.79 Å². The zero-order chi connectivity index (χ0) is 14.5. The number of hydrogen-bond donors (Lipinski definition) is 1. The van der Waals surface area contributed by atoms with E-state index in [0.29, 0.717) is 0 Å². The van der Waals surface area contributed by atoms with Gasteiger partial charge in [-0.2, -0.15) is 0 Å². The summed E-state index contributed by atoms with van der Waals surface area (Å²) in [5.41, 5.74) is 2.49. The quantitative estimate of drug-likeness (QED) is 0.915. The largest absolute Gasteiger partial charge is 0.341 e. The van der Waals surface area contributed by atoms with Crippen LogP contribution in [0.2, 0.25) is 0 Å². The van der Waals surface area contributed by atoms with E-state index < -0.39 is 0 Å². The number of benzene rings is 1. The van der Waals surface area contributed by atoms with Crippen LogP contribution in [0.4, 0.5) is 0 Å². The third-order valence-electron chi connectivity index (χ3n) is 4.08. The van der Waals surface area contributed by atoms with Crippen LogP contribution >= 0.6 is 0 Å². The molecule has 0 aliphatic carbocycles. The Labute approximate surface area is 122 Å². The maximum absolute atomic E-state index is 12.4. The fourth-order valence-corrected chi connectivity index (χ4v) is 2.87. The molecular weight excluding hydrogens is 248 g/mol. The van der Waals surface area contributed by atoms with Crippen molar-refractivity contribution in [3.05, 3.63) is 35.4 Å². The van der Waals surface area contributed by atoms with Gasteiger partial charge in [-0.25, -0.2) is 0 Å². The summed E-state index contributed by atoms with van der Waals surface area (Å²) in [5, 5.41) is 3.43. The van der Waals surface area contributed by atoms with Crippen LogP contribution in [0.1, 0.15) is 50.3 Å². The molecule has 20 heavy (non-hydrogen) atoms. The Morgan fingerprint density at radius 1 is 1.20 bits per heavy atom. The Bertz CT molecular complexity index is 452. The van der Waals surface area contributed by atoms with Gasteiger partial charge in [-0.3, -0.25) is 10.1 Å². The predicted molar refractivity (Wildman–Crippen MR) is 82.6 cm³/mol. The zero-order valence-corrected chi connectivity index (χ0v) is 12.9. The first-order chi connectivity index (χ1) is 9.58. The maximum Gasteiger partial charge on any atom is 0.239 e. The highest BCUT2D eigenvalue weighted by atomic mass is 16.2. The highest BCUT2D eigenvalue weighted by Gasteiger charge is 2.23. The molecule has 2 rings (SSSR count). The van der Waals surface area contributed by atoms with E-state index in [4.69, 9.17) is 0 Å². The predicted octanol–water partition coefficient (Wildman–Crippen LogP) is 3.05. The summed E-state index contributed by atoms with van der Waals surface area (Å²) in [6, 6.07) is 8.53. The van der Waals surface area contributed by atoms with Gasteiger partial charge in [0, 0.05) is 19.1 Å². The third kappa shape index (κ3) is 3.83. The van der Waals surface area contributed by atoms with E-state index in [1.54, 1.807) is 0 Å². The van der Waals surface area contributed by atoms with Crippen LogP contribution in [-0.4, -0.2) is 29.9 Å². The molecule has 1 saturated heterocycles. The second-order valence-electron chi connectivity index (χ2n) is 5.91. The van der Waals surface area contributed by atoms with Gasteiger partial charge in [0.25, 0.3) is 0 Å². The molecular formula is C17H26N2O. The number of carbonyl (C=O) groups is 1. The van der Waals surface area contributed by atoms with E-state index in [0.717, 1.165) is 25.9 Å². The lowest BCUT2D eigenvalue weighted by atomic mass is 10.0. The van der Waals surface area contributed by atoms with Crippen molar-refractivity contribution in [3.63, 3.8) is 0 Å². The van der Waals surface area contributed by atoms with Crippen molar-refractivity contribution in [2.75, 3.05) is 13.1 Å². The van der Waals surface area contributed by atoms with Gasteiger partial charge >= 0.3 is 0 Å². The average molecular weight is 274 g/mol. The van der Waals surface area contributed by atoms with Crippen LogP contribution in [0.3, 0.4) is 0 Å². The van der Waals surface area contributed by atoms with Crippen molar-refractivity contribution in [3.8, 4) is 0 Å². The maximum atomic E-state index is 12.4. The summed E-state index contributed by atoms with van der Waals surface area (Å²) >= 11 is 0. The Kier molecular flexibility index (Phi) is 5.18. The normalized spacial score (nSPS) is 18.6. The number of rotatable bonds is 4. The lowest BCUT2D eigenvalue weighted by molar-refractivity contribution is -0.134. The number of likely N-dealkylation sites (tertiary alicyclic amines) is 1. The Balaban J connectivity index is 1.92. The molecule has 3 heteroatoms. The lowest BCUT2D eigenvalue weighted by Crippen LogP contribution is -2.47. The summed E-state index contributed by atoms with van der Waals surface area (Å²) in [5.74, 6) is 0.240.